The van der Waals surface area contributed by atoms with Gasteiger partial charge in [0.2, 0.25) is 0 Å². The van der Waals surface area contributed by atoms with Crippen molar-refractivity contribution in [2.75, 3.05) is 13.3 Å². The second-order valence-corrected chi connectivity index (χ2v) is 2.57. The highest BCUT2D eigenvalue weighted by atomic mass is 19.1. The fraction of sp³-hybridized carbons (Fsp3) is 0.182. The van der Waals surface area contributed by atoms with Crippen molar-refractivity contribution < 1.29 is 9.13 Å². The summed E-state index contributed by atoms with van der Waals surface area (Å²) in [5.41, 5.74) is 0.916. The number of benzene rings is 1. The number of nitriles is 1. The van der Waals surface area contributed by atoms with E-state index in [1.807, 2.05) is 6.07 Å². The summed E-state index contributed by atoms with van der Waals surface area (Å²) in [6.07, 6.45) is 3.09. The van der Waals surface area contributed by atoms with Gasteiger partial charge in [0.1, 0.15) is 19.0 Å². The van der Waals surface area contributed by atoms with E-state index in [4.69, 9.17) is 10.00 Å². The Morgan fingerprint density at radius 1 is 1.36 bits per heavy atom. The molecule has 0 saturated heterocycles. The highest BCUT2D eigenvalue weighted by molar-refractivity contribution is 5.52. The molecule has 0 aliphatic carbocycles. The molecule has 0 aliphatic rings. The number of nitrogens with zero attached hydrogens (tertiary/aromatic N) is 1. The molecule has 1 aromatic carbocycles. The van der Waals surface area contributed by atoms with Crippen LogP contribution in [0.5, 0.6) is 5.75 Å². The molecule has 14 heavy (non-hydrogen) atoms. The molecule has 0 aliphatic heterocycles. The molecule has 0 N–H and O–H groups in total. The van der Waals surface area contributed by atoms with Gasteiger partial charge in [-0.05, 0) is 23.8 Å². The zero-order valence-electron chi connectivity index (χ0n) is 7.61. The Labute approximate surface area is 82.2 Å². The monoisotopic (exact) mass is 191 g/mol. The van der Waals surface area contributed by atoms with Gasteiger partial charge >= 0.3 is 0 Å². The summed E-state index contributed by atoms with van der Waals surface area (Å²) < 4.78 is 16.8. The van der Waals surface area contributed by atoms with Crippen LogP contribution in [0.15, 0.2) is 30.3 Å². The van der Waals surface area contributed by atoms with Crippen LogP contribution in [0.4, 0.5) is 4.39 Å². The third kappa shape index (κ3) is 3.28. The number of ether oxygens (including phenoxy) is 1. The predicted molar refractivity (Wildman–Crippen MR) is 52.6 cm³/mol. The maximum absolute atomic E-state index is 11.8. The van der Waals surface area contributed by atoms with Gasteiger partial charge < -0.3 is 4.74 Å². The maximum atomic E-state index is 11.8. The molecule has 0 atom stereocenters. The lowest BCUT2D eigenvalue weighted by Crippen LogP contribution is -1.97. The Morgan fingerprint density at radius 3 is 2.64 bits per heavy atom. The van der Waals surface area contributed by atoms with Gasteiger partial charge in [-0.3, -0.25) is 0 Å². The molecule has 0 heterocycles. The first kappa shape index (κ1) is 10.3. The predicted octanol–water partition coefficient (Wildman–Crippen LogP) is 2.57. The Balaban J connectivity index is 2.60. The maximum Gasteiger partial charge on any atom is 0.123 e. The summed E-state index contributed by atoms with van der Waals surface area (Å²) in [5.74, 6) is 0.636. The molecule has 0 bridgehead atoms. The van der Waals surface area contributed by atoms with Gasteiger partial charge in [-0.2, -0.15) is 5.26 Å². The van der Waals surface area contributed by atoms with Gasteiger partial charge in [0.15, 0.2) is 0 Å². The van der Waals surface area contributed by atoms with Crippen molar-refractivity contribution in [1.29, 1.82) is 5.26 Å². The van der Waals surface area contributed by atoms with Crippen LogP contribution in [0, 0.1) is 11.3 Å². The van der Waals surface area contributed by atoms with Crippen LogP contribution in [0.2, 0.25) is 0 Å². The van der Waals surface area contributed by atoms with E-state index >= 15 is 0 Å². The molecule has 0 fully saturated rings. The minimum atomic E-state index is -0.490. The summed E-state index contributed by atoms with van der Waals surface area (Å²) in [7, 11) is 0. The average molecular weight is 191 g/mol. The molecule has 2 nitrogen and oxygen atoms in total. The zero-order chi connectivity index (χ0) is 10.2. The van der Waals surface area contributed by atoms with Crippen LogP contribution in [-0.2, 0) is 0 Å². The van der Waals surface area contributed by atoms with Crippen molar-refractivity contribution >= 4 is 6.08 Å². The molecule has 0 unspecified atom stereocenters. The Kier molecular flexibility index (Phi) is 4.22. The molecule has 1 aromatic rings. The minimum Gasteiger partial charge on any atom is -0.491 e. The van der Waals surface area contributed by atoms with Crippen molar-refractivity contribution in [2.45, 2.75) is 0 Å². The second kappa shape index (κ2) is 5.76. The first-order chi connectivity index (χ1) is 6.86. The van der Waals surface area contributed by atoms with E-state index in [-0.39, 0.29) is 6.61 Å². The molecule has 0 radical (unpaired) electrons. The normalized spacial score (nSPS) is 10.0. The fourth-order valence-electron chi connectivity index (χ4n) is 0.965. The van der Waals surface area contributed by atoms with Crippen molar-refractivity contribution in [2.24, 2.45) is 0 Å². The topological polar surface area (TPSA) is 33.0 Å². The van der Waals surface area contributed by atoms with E-state index in [2.05, 4.69) is 0 Å². The Bertz CT molecular complexity index is 337. The van der Waals surface area contributed by atoms with E-state index in [1.165, 1.54) is 6.08 Å². The highest BCUT2D eigenvalue weighted by Crippen LogP contribution is 2.12. The van der Waals surface area contributed by atoms with E-state index in [0.717, 1.165) is 5.56 Å². The Morgan fingerprint density at radius 2 is 2.07 bits per heavy atom. The number of rotatable bonds is 4. The van der Waals surface area contributed by atoms with Crippen LogP contribution in [0.3, 0.4) is 0 Å². The largest absolute Gasteiger partial charge is 0.491 e. The summed E-state index contributed by atoms with van der Waals surface area (Å²) >= 11 is 0. The quantitative estimate of drug-likeness (QED) is 0.685. The van der Waals surface area contributed by atoms with E-state index in [1.54, 1.807) is 30.3 Å². The lowest BCUT2D eigenvalue weighted by Gasteiger charge is -2.02. The van der Waals surface area contributed by atoms with Crippen molar-refractivity contribution in [3.8, 4) is 11.8 Å². The average Bonchev–Trinajstić information content (AvgIpc) is 2.25. The summed E-state index contributed by atoms with van der Waals surface area (Å²) in [6.45, 7) is -0.413. The van der Waals surface area contributed by atoms with E-state index < -0.39 is 6.67 Å². The molecule has 0 spiro atoms. The van der Waals surface area contributed by atoms with Gasteiger partial charge in [-0.25, -0.2) is 4.39 Å². The first-order valence-corrected chi connectivity index (χ1v) is 4.22. The fourth-order valence-corrected chi connectivity index (χ4v) is 0.965. The first-order valence-electron chi connectivity index (χ1n) is 4.22. The number of hydrogen-bond acceptors (Lipinski definition) is 2. The third-order valence-corrected chi connectivity index (χ3v) is 1.58. The standard InChI is InChI=1S/C11H10FNO/c12-7-9-14-11-5-3-10(4-6-11)2-1-8-13/h1-6H,7,9H2/b2-1+. The summed E-state index contributed by atoms with van der Waals surface area (Å²) in [4.78, 5) is 0. The second-order valence-electron chi connectivity index (χ2n) is 2.57. The van der Waals surface area contributed by atoms with Gasteiger partial charge in [0, 0.05) is 6.08 Å². The van der Waals surface area contributed by atoms with Gasteiger partial charge in [-0.15, -0.1) is 0 Å². The van der Waals surface area contributed by atoms with Crippen LogP contribution in [-0.4, -0.2) is 13.3 Å². The lowest BCUT2D eigenvalue weighted by atomic mass is 10.2. The third-order valence-electron chi connectivity index (χ3n) is 1.58. The van der Waals surface area contributed by atoms with Crippen LogP contribution >= 0.6 is 0 Å². The highest BCUT2D eigenvalue weighted by Gasteiger charge is 1.92. The summed E-state index contributed by atoms with van der Waals surface area (Å²) in [6, 6.07) is 9.00. The number of allylic oxidation sites excluding steroid dienone is 1. The Hall–Kier alpha value is -1.82. The zero-order valence-corrected chi connectivity index (χ0v) is 7.61. The molecule has 0 aromatic heterocycles. The van der Waals surface area contributed by atoms with Crippen LogP contribution in [0.1, 0.15) is 5.56 Å². The molecular weight excluding hydrogens is 181 g/mol. The van der Waals surface area contributed by atoms with Crippen molar-refractivity contribution in [3.63, 3.8) is 0 Å². The number of alkyl halides is 1. The SMILES string of the molecule is N#C/C=C/c1ccc(OCCF)cc1. The minimum absolute atomic E-state index is 0.0768. The molecule has 1 rings (SSSR count). The van der Waals surface area contributed by atoms with E-state index in [0.29, 0.717) is 5.75 Å². The van der Waals surface area contributed by atoms with Crippen molar-refractivity contribution in [1.82, 2.24) is 0 Å². The molecular formula is C11H10FNO. The van der Waals surface area contributed by atoms with Gasteiger partial charge in [0.05, 0.1) is 6.07 Å². The van der Waals surface area contributed by atoms with Crippen molar-refractivity contribution in [3.05, 3.63) is 35.9 Å². The number of halogens is 1. The molecule has 0 saturated carbocycles. The smallest absolute Gasteiger partial charge is 0.123 e. The lowest BCUT2D eigenvalue weighted by molar-refractivity contribution is 0.273. The van der Waals surface area contributed by atoms with Crippen LogP contribution < -0.4 is 4.74 Å². The van der Waals surface area contributed by atoms with E-state index in [9.17, 15) is 4.39 Å². The number of hydrogen-bond donors (Lipinski definition) is 0. The summed E-state index contributed by atoms with van der Waals surface area (Å²) in [5, 5.41) is 8.30. The van der Waals surface area contributed by atoms with Gasteiger partial charge in [-0.1, -0.05) is 12.1 Å². The molecule has 72 valence electrons. The van der Waals surface area contributed by atoms with Crippen LogP contribution in [0.25, 0.3) is 6.08 Å². The molecule has 0 amide bonds. The van der Waals surface area contributed by atoms with Gasteiger partial charge in [0.25, 0.3) is 0 Å². The molecule has 3 heteroatoms.